The zero-order chi connectivity index (χ0) is 15.4. The lowest BCUT2D eigenvalue weighted by molar-refractivity contribution is -0.384. The van der Waals surface area contributed by atoms with Crippen molar-refractivity contribution in [2.75, 3.05) is 6.54 Å². The molecule has 5 nitrogen and oxygen atoms in total. The molecule has 0 unspecified atom stereocenters. The quantitative estimate of drug-likeness (QED) is 0.368. The molecular weight excluding hydrogens is 308 g/mol. The predicted octanol–water partition coefficient (Wildman–Crippen LogP) is 3.37. The van der Waals surface area contributed by atoms with Crippen molar-refractivity contribution in [2.45, 2.75) is 6.92 Å². The highest BCUT2D eigenvalue weighted by atomic mass is 32.2. The summed E-state index contributed by atoms with van der Waals surface area (Å²) >= 11 is 6.39. The smallest absolute Gasteiger partial charge is 0.269 e. The zero-order valence-corrected chi connectivity index (χ0v) is 12.8. The number of likely N-dealkylation sites (N-methyl/N-ethyl adjacent to an activating group) is 1. The Labute approximate surface area is 131 Å². The first-order valence-corrected chi connectivity index (χ1v) is 7.42. The number of allylic oxidation sites excluding steroid dienone is 2. The number of benzene rings is 1. The van der Waals surface area contributed by atoms with Crippen LogP contribution in [0.5, 0.6) is 0 Å². The van der Waals surface area contributed by atoms with Crippen LogP contribution in [0.25, 0.3) is 6.08 Å². The van der Waals surface area contributed by atoms with Crippen LogP contribution >= 0.6 is 24.0 Å². The van der Waals surface area contributed by atoms with E-state index in [-0.39, 0.29) is 11.6 Å². The topological polar surface area (TPSA) is 63.5 Å². The third kappa shape index (κ3) is 3.56. The summed E-state index contributed by atoms with van der Waals surface area (Å²) in [5.41, 5.74) is 0.874. The van der Waals surface area contributed by atoms with Gasteiger partial charge in [0, 0.05) is 18.7 Å². The van der Waals surface area contributed by atoms with Crippen molar-refractivity contribution in [1.82, 2.24) is 4.90 Å². The molecule has 1 saturated heterocycles. The molecule has 1 aromatic carbocycles. The van der Waals surface area contributed by atoms with Gasteiger partial charge >= 0.3 is 0 Å². The SMILES string of the molecule is CCN1C(=O)C(=CC=Cc2ccc([N+](=O)[O-])cc2)SC1=S. The van der Waals surface area contributed by atoms with Crippen molar-refractivity contribution in [3.63, 3.8) is 0 Å². The van der Waals surface area contributed by atoms with Crippen molar-refractivity contribution in [2.24, 2.45) is 0 Å². The van der Waals surface area contributed by atoms with E-state index < -0.39 is 4.92 Å². The Morgan fingerprint density at radius 2 is 2.05 bits per heavy atom. The number of thiocarbonyl (C=S) groups is 1. The molecule has 7 heteroatoms. The third-order valence-electron chi connectivity index (χ3n) is 2.83. The molecule has 108 valence electrons. The number of nitro benzene ring substituents is 1. The Hall–Kier alpha value is -1.99. The maximum Gasteiger partial charge on any atom is 0.269 e. The normalized spacial score (nSPS) is 17.2. The maximum absolute atomic E-state index is 11.9. The summed E-state index contributed by atoms with van der Waals surface area (Å²) in [6, 6.07) is 6.19. The van der Waals surface area contributed by atoms with Crippen LogP contribution < -0.4 is 0 Å². The Bertz CT molecular complexity index is 651. The highest BCUT2D eigenvalue weighted by Crippen LogP contribution is 2.30. The minimum atomic E-state index is -0.441. The van der Waals surface area contributed by atoms with Crippen molar-refractivity contribution < 1.29 is 9.72 Å². The standard InChI is InChI=1S/C14H12N2O3S2/c1-2-15-13(17)12(21-14(15)20)5-3-4-10-6-8-11(9-7-10)16(18)19/h3-9H,2H2,1H3. The lowest BCUT2D eigenvalue weighted by Gasteiger charge is -2.09. The van der Waals surface area contributed by atoms with E-state index in [0.717, 1.165) is 5.56 Å². The van der Waals surface area contributed by atoms with E-state index in [9.17, 15) is 14.9 Å². The second-order valence-corrected chi connectivity index (χ2v) is 5.83. The molecule has 1 heterocycles. The molecule has 0 atom stereocenters. The number of nitro groups is 1. The lowest BCUT2D eigenvalue weighted by atomic mass is 10.2. The van der Waals surface area contributed by atoms with Gasteiger partial charge in [-0.15, -0.1) is 0 Å². The minimum Gasteiger partial charge on any atom is -0.293 e. The van der Waals surface area contributed by atoms with Gasteiger partial charge in [0.2, 0.25) is 0 Å². The number of carbonyl (C=O) groups is 1. The molecule has 1 fully saturated rings. The van der Waals surface area contributed by atoms with Gasteiger partial charge < -0.3 is 0 Å². The summed E-state index contributed by atoms with van der Waals surface area (Å²) in [4.78, 5) is 24.2. The molecular formula is C14H12N2O3S2. The maximum atomic E-state index is 11.9. The molecule has 21 heavy (non-hydrogen) atoms. The van der Waals surface area contributed by atoms with Crippen molar-refractivity contribution in [1.29, 1.82) is 0 Å². The fraction of sp³-hybridized carbons (Fsp3) is 0.143. The first kappa shape index (κ1) is 15.4. The van der Waals surface area contributed by atoms with E-state index >= 15 is 0 Å². The molecule has 0 bridgehead atoms. The Morgan fingerprint density at radius 1 is 1.38 bits per heavy atom. The summed E-state index contributed by atoms with van der Waals surface area (Å²) in [5, 5.41) is 10.5. The molecule has 2 rings (SSSR count). The van der Waals surface area contributed by atoms with Crippen molar-refractivity contribution >= 4 is 46.0 Å². The molecule has 1 aromatic rings. The molecule has 0 saturated carbocycles. The number of hydrogen-bond donors (Lipinski definition) is 0. The molecule has 1 aliphatic heterocycles. The van der Waals surface area contributed by atoms with Crippen molar-refractivity contribution in [3.8, 4) is 0 Å². The highest BCUT2D eigenvalue weighted by Gasteiger charge is 2.29. The molecule has 1 aliphatic rings. The Morgan fingerprint density at radius 3 is 2.57 bits per heavy atom. The molecule has 0 radical (unpaired) electrons. The summed E-state index contributed by atoms with van der Waals surface area (Å²) in [7, 11) is 0. The average Bonchev–Trinajstić information content (AvgIpc) is 2.73. The van der Waals surface area contributed by atoms with Gasteiger partial charge in [0.1, 0.15) is 4.32 Å². The first-order chi connectivity index (χ1) is 10.0. The second-order valence-electron chi connectivity index (χ2n) is 4.16. The second kappa shape index (κ2) is 6.64. The van der Waals surface area contributed by atoms with Crippen molar-refractivity contribution in [3.05, 3.63) is 57.0 Å². The lowest BCUT2D eigenvalue weighted by Crippen LogP contribution is -2.27. The zero-order valence-electron chi connectivity index (χ0n) is 11.2. The van der Waals surface area contributed by atoms with Gasteiger partial charge in [0.15, 0.2) is 0 Å². The number of hydrogen-bond acceptors (Lipinski definition) is 5. The van der Waals surface area contributed by atoms with Crippen LogP contribution in [-0.4, -0.2) is 26.6 Å². The van der Waals surface area contributed by atoms with Gasteiger partial charge in [-0.1, -0.05) is 36.1 Å². The molecule has 0 N–H and O–H groups in total. The Balaban J connectivity index is 2.08. The van der Waals surface area contributed by atoms with Gasteiger partial charge in [-0.25, -0.2) is 0 Å². The molecule has 1 amide bonds. The van der Waals surface area contributed by atoms with Crippen LogP contribution in [0.2, 0.25) is 0 Å². The number of nitrogens with zero attached hydrogens (tertiary/aromatic N) is 2. The average molecular weight is 320 g/mol. The summed E-state index contributed by atoms with van der Waals surface area (Å²) in [6.07, 6.45) is 5.22. The summed E-state index contributed by atoms with van der Waals surface area (Å²) < 4.78 is 0.567. The van der Waals surface area contributed by atoms with E-state index in [4.69, 9.17) is 12.2 Å². The van der Waals surface area contributed by atoms with E-state index in [1.54, 1.807) is 35.3 Å². The molecule has 0 aliphatic carbocycles. The van der Waals surface area contributed by atoms with Crippen LogP contribution in [0, 0.1) is 10.1 Å². The fourth-order valence-electron chi connectivity index (χ4n) is 1.74. The number of amides is 1. The van der Waals surface area contributed by atoms with Gasteiger partial charge in [0.25, 0.3) is 11.6 Å². The van der Waals surface area contributed by atoms with Crippen LogP contribution in [-0.2, 0) is 4.79 Å². The fourth-order valence-corrected chi connectivity index (χ4v) is 3.08. The molecule has 0 aromatic heterocycles. The number of rotatable bonds is 4. The largest absolute Gasteiger partial charge is 0.293 e. The van der Waals surface area contributed by atoms with E-state index in [1.165, 1.54) is 23.9 Å². The summed E-state index contributed by atoms with van der Waals surface area (Å²) in [5.74, 6) is -0.0825. The third-order valence-corrected chi connectivity index (χ3v) is 4.23. The first-order valence-electron chi connectivity index (χ1n) is 6.19. The van der Waals surface area contributed by atoms with Gasteiger partial charge in [-0.05, 0) is 30.7 Å². The number of carbonyl (C=O) groups excluding carboxylic acids is 1. The number of non-ortho nitro benzene ring substituents is 1. The predicted molar refractivity (Wildman–Crippen MR) is 87.8 cm³/mol. The monoisotopic (exact) mass is 320 g/mol. The Kier molecular flexibility index (Phi) is 4.87. The van der Waals surface area contributed by atoms with Crippen LogP contribution in [0.3, 0.4) is 0 Å². The van der Waals surface area contributed by atoms with Crippen LogP contribution in [0.4, 0.5) is 5.69 Å². The van der Waals surface area contributed by atoms with Crippen LogP contribution in [0.1, 0.15) is 12.5 Å². The van der Waals surface area contributed by atoms with E-state index in [0.29, 0.717) is 15.8 Å². The number of thioether (sulfide) groups is 1. The van der Waals surface area contributed by atoms with E-state index in [2.05, 4.69) is 0 Å². The van der Waals surface area contributed by atoms with E-state index in [1.807, 2.05) is 6.92 Å². The van der Waals surface area contributed by atoms with Gasteiger partial charge in [0.05, 0.1) is 9.83 Å². The van der Waals surface area contributed by atoms with Crippen LogP contribution in [0.15, 0.2) is 41.3 Å². The van der Waals surface area contributed by atoms with Gasteiger partial charge in [-0.3, -0.25) is 19.8 Å². The highest BCUT2D eigenvalue weighted by molar-refractivity contribution is 8.26. The van der Waals surface area contributed by atoms with Gasteiger partial charge in [-0.2, -0.15) is 0 Å². The molecule has 0 spiro atoms. The minimum absolute atomic E-state index is 0.0518. The summed E-state index contributed by atoms with van der Waals surface area (Å²) in [6.45, 7) is 2.44.